The molecular formula is C17H23N3O2S. The zero-order chi connectivity index (χ0) is 15.6. The summed E-state index contributed by atoms with van der Waals surface area (Å²) < 4.78 is 11.3. The lowest BCUT2D eigenvalue weighted by Gasteiger charge is -2.22. The molecule has 2 aliphatic rings. The highest BCUT2D eigenvalue weighted by molar-refractivity contribution is 7.07. The third kappa shape index (κ3) is 3.66. The molecule has 0 unspecified atom stereocenters. The van der Waals surface area contributed by atoms with E-state index < -0.39 is 0 Å². The van der Waals surface area contributed by atoms with E-state index in [4.69, 9.17) is 9.26 Å². The van der Waals surface area contributed by atoms with E-state index >= 15 is 0 Å². The molecule has 0 radical (unpaired) electrons. The van der Waals surface area contributed by atoms with E-state index in [1.165, 1.54) is 5.56 Å². The van der Waals surface area contributed by atoms with Gasteiger partial charge in [-0.2, -0.15) is 11.3 Å². The number of aromatic nitrogens is 1. The van der Waals surface area contributed by atoms with Crippen molar-refractivity contribution in [1.29, 1.82) is 0 Å². The van der Waals surface area contributed by atoms with Gasteiger partial charge in [0, 0.05) is 51.3 Å². The maximum absolute atomic E-state index is 6.12. The summed E-state index contributed by atoms with van der Waals surface area (Å²) in [5.74, 6) is 1.47. The fourth-order valence-electron chi connectivity index (χ4n) is 3.68. The van der Waals surface area contributed by atoms with Crippen molar-refractivity contribution in [3.63, 3.8) is 0 Å². The first-order valence-electron chi connectivity index (χ1n) is 8.26. The summed E-state index contributed by atoms with van der Waals surface area (Å²) in [7, 11) is 0. The van der Waals surface area contributed by atoms with Crippen LogP contribution in [0.3, 0.4) is 0 Å². The van der Waals surface area contributed by atoms with Gasteiger partial charge in [-0.05, 0) is 29.3 Å². The van der Waals surface area contributed by atoms with Crippen molar-refractivity contribution in [3.8, 4) is 0 Å². The highest BCUT2D eigenvalue weighted by Crippen LogP contribution is 2.26. The molecule has 23 heavy (non-hydrogen) atoms. The summed E-state index contributed by atoms with van der Waals surface area (Å²) in [5.41, 5.74) is 2.44. The molecule has 2 aromatic rings. The number of nitrogens with zero attached hydrogens (tertiary/aromatic N) is 3. The van der Waals surface area contributed by atoms with Crippen LogP contribution in [0, 0.1) is 12.8 Å². The summed E-state index contributed by atoms with van der Waals surface area (Å²) >= 11 is 1.77. The molecular weight excluding hydrogens is 310 g/mol. The lowest BCUT2D eigenvalue weighted by Crippen LogP contribution is -2.32. The van der Waals surface area contributed by atoms with Gasteiger partial charge >= 0.3 is 0 Å². The smallest absolute Gasteiger partial charge is 0.133 e. The van der Waals surface area contributed by atoms with Crippen molar-refractivity contribution in [1.82, 2.24) is 15.0 Å². The van der Waals surface area contributed by atoms with Crippen LogP contribution in [0.15, 0.2) is 27.4 Å². The zero-order valence-corrected chi connectivity index (χ0v) is 14.3. The minimum absolute atomic E-state index is 0.357. The molecule has 2 saturated heterocycles. The van der Waals surface area contributed by atoms with E-state index in [1.807, 2.05) is 13.0 Å². The first-order chi connectivity index (χ1) is 11.3. The van der Waals surface area contributed by atoms with E-state index in [-0.39, 0.29) is 0 Å². The summed E-state index contributed by atoms with van der Waals surface area (Å²) in [5, 5.41) is 8.52. The number of aryl methyl sites for hydroxylation is 1. The van der Waals surface area contributed by atoms with Crippen molar-refractivity contribution < 1.29 is 9.26 Å². The normalized spacial score (nSPS) is 26.3. The summed E-state index contributed by atoms with van der Waals surface area (Å²) in [4.78, 5) is 4.98. The molecule has 4 rings (SSSR count). The zero-order valence-electron chi connectivity index (χ0n) is 13.5. The van der Waals surface area contributed by atoms with Crippen molar-refractivity contribution >= 4 is 11.3 Å². The Morgan fingerprint density at radius 3 is 2.96 bits per heavy atom. The number of fused-ring (bicyclic) bond motifs is 1. The van der Waals surface area contributed by atoms with E-state index in [0.29, 0.717) is 12.0 Å². The Hall–Kier alpha value is -1.21. The van der Waals surface area contributed by atoms with Gasteiger partial charge in [0.2, 0.25) is 0 Å². The maximum Gasteiger partial charge on any atom is 0.133 e. The molecule has 2 fully saturated rings. The Labute approximate surface area is 140 Å². The van der Waals surface area contributed by atoms with Gasteiger partial charge in [-0.3, -0.25) is 9.80 Å². The number of ether oxygens (including phenoxy) is 1. The van der Waals surface area contributed by atoms with Crippen LogP contribution in [-0.4, -0.2) is 53.8 Å². The van der Waals surface area contributed by atoms with Gasteiger partial charge < -0.3 is 9.26 Å². The van der Waals surface area contributed by atoms with E-state index in [9.17, 15) is 0 Å². The van der Waals surface area contributed by atoms with Crippen molar-refractivity contribution in [2.24, 2.45) is 5.92 Å². The molecule has 0 N–H and O–H groups in total. The van der Waals surface area contributed by atoms with Crippen LogP contribution in [0.1, 0.15) is 17.0 Å². The Kier molecular flexibility index (Phi) is 4.48. The van der Waals surface area contributed by atoms with E-state index in [0.717, 1.165) is 57.3 Å². The summed E-state index contributed by atoms with van der Waals surface area (Å²) in [6.45, 7) is 8.91. The second-order valence-corrected chi connectivity index (χ2v) is 7.44. The van der Waals surface area contributed by atoms with Gasteiger partial charge in [0.05, 0.1) is 18.4 Å². The lowest BCUT2D eigenvalue weighted by molar-refractivity contribution is 0.0509. The second-order valence-electron chi connectivity index (χ2n) is 6.66. The average Bonchev–Trinajstić information content (AvgIpc) is 3.22. The highest BCUT2D eigenvalue weighted by Gasteiger charge is 2.36. The van der Waals surface area contributed by atoms with E-state index in [1.54, 1.807) is 11.3 Å². The van der Waals surface area contributed by atoms with Crippen LogP contribution < -0.4 is 0 Å². The minimum Gasteiger partial charge on any atom is -0.375 e. The van der Waals surface area contributed by atoms with Gasteiger partial charge in [0.25, 0.3) is 0 Å². The van der Waals surface area contributed by atoms with Crippen LogP contribution in [0.2, 0.25) is 0 Å². The molecule has 0 aromatic carbocycles. The minimum atomic E-state index is 0.357. The predicted octanol–water partition coefficient (Wildman–Crippen LogP) is 2.38. The van der Waals surface area contributed by atoms with Crippen molar-refractivity contribution in [3.05, 3.63) is 39.9 Å². The van der Waals surface area contributed by atoms with Crippen molar-refractivity contribution in [2.75, 3.05) is 32.8 Å². The Morgan fingerprint density at radius 2 is 2.17 bits per heavy atom. The Bertz CT molecular complexity index is 628. The topological polar surface area (TPSA) is 41.7 Å². The van der Waals surface area contributed by atoms with Crippen LogP contribution in [0.5, 0.6) is 0 Å². The van der Waals surface area contributed by atoms with Crippen LogP contribution in [0.4, 0.5) is 0 Å². The fourth-order valence-corrected chi connectivity index (χ4v) is 4.34. The fraction of sp³-hybridized carbons (Fsp3) is 0.588. The molecule has 0 saturated carbocycles. The Morgan fingerprint density at radius 1 is 1.26 bits per heavy atom. The Balaban J connectivity index is 1.36. The average molecular weight is 333 g/mol. The summed E-state index contributed by atoms with van der Waals surface area (Å²) in [6.07, 6.45) is 0.357. The van der Waals surface area contributed by atoms with E-state index in [2.05, 4.69) is 31.8 Å². The lowest BCUT2D eigenvalue weighted by atomic mass is 10.1. The largest absolute Gasteiger partial charge is 0.375 e. The molecule has 5 nitrogen and oxygen atoms in total. The van der Waals surface area contributed by atoms with Crippen molar-refractivity contribution in [2.45, 2.75) is 26.1 Å². The molecule has 2 aromatic heterocycles. The standard InChI is InChI=1S/C17H23N3O2S/c1-13-6-16(18-22-13)10-20-9-15-8-19(3-4-21-17(15)11-20)7-14-2-5-23-12-14/h2,5-6,12,15,17H,3-4,7-11H2,1H3/t15-,17+/m0/s1. The summed E-state index contributed by atoms with van der Waals surface area (Å²) in [6, 6.07) is 4.25. The highest BCUT2D eigenvalue weighted by atomic mass is 32.1. The molecule has 0 amide bonds. The first kappa shape index (κ1) is 15.3. The van der Waals surface area contributed by atoms with Crippen LogP contribution in [-0.2, 0) is 17.8 Å². The molecule has 0 bridgehead atoms. The second kappa shape index (κ2) is 6.73. The van der Waals surface area contributed by atoms with Gasteiger partial charge in [-0.25, -0.2) is 0 Å². The van der Waals surface area contributed by atoms with Crippen LogP contribution >= 0.6 is 11.3 Å². The third-order valence-corrected chi connectivity index (χ3v) is 5.47. The monoisotopic (exact) mass is 333 g/mol. The number of thiophene rings is 1. The molecule has 124 valence electrons. The molecule has 2 atom stereocenters. The van der Waals surface area contributed by atoms with Gasteiger partial charge in [-0.1, -0.05) is 5.16 Å². The number of hydrogen-bond donors (Lipinski definition) is 0. The molecule has 2 aliphatic heterocycles. The molecule has 0 aliphatic carbocycles. The first-order valence-corrected chi connectivity index (χ1v) is 9.20. The number of rotatable bonds is 4. The maximum atomic E-state index is 6.12. The quantitative estimate of drug-likeness (QED) is 0.859. The molecule has 6 heteroatoms. The third-order valence-electron chi connectivity index (χ3n) is 4.74. The van der Waals surface area contributed by atoms with Gasteiger partial charge in [0.1, 0.15) is 5.76 Å². The predicted molar refractivity (Wildman–Crippen MR) is 89.3 cm³/mol. The van der Waals surface area contributed by atoms with Gasteiger partial charge in [0.15, 0.2) is 0 Å². The molecule has 4 heterocycles. The number of likely N-dealkylation sites (tertiary alicyclic amines) is 1. The molecule has 0 spiro atoms. The van der Waals surface area contributed by atoms with Crippen LogP contribution in [0.25, 0.3) is 0 Å². The number of hydrogen-bond acceptors (Lipinski definition) is 6. The SMILES string of the molecule is Cc1cc(CN2C[C@@H]3CN(Cc4ccsc4)CCO[C@@H]3C2)no1. The van der Waals surface area contributed by atoms with Gasteiger partial charge in [-0.15, -0.1) is 0 Å².